The molecule has 1 aromatic heterocycles. The van der Waals surface area contributed by atoms with Gasteiger partial charge in [-0.2, -0.15) is 0 Å². The monoisotopic (exact) mass is 315 g/mol. The van der Waals surface area contributed by atoms with Crippen molar-refractivity contribution < 1.29 is 9.59 Å². The van der Waals surface area contributed by atoms with Gasteiger partial charge in [-0.25, -0.2) is 9.48 Å². The lowest BCUT2D eigenvalue weighted by Crippen LogP contribution is -2.41. The van der Waals surface area contributed by atoms with Gasteiger partial charge in [-0.15, -0.1) is 5.10 Å². The Balaban J connectivity index is 1.87. The molecule has 0 fully saturated rings. The number of nitrogens with zero attached hydrogens (tertiary/aromatic N) is 3. The number of rotatable bonds is 6. The van der Waals surface area contributed by atoms with Crippen molar-refractivity contribution in [2.45, 2.75) is 13.8 Å². The molecule has 7 heteroatoms. The van der Waals surface area contributed by atoms with Crippen molar-refractivity contribution in [3.63, 3.8) is 0 Å². The van der Waals surface area contributed by atoms with Crippen molar-refractivity contribution in [1.29, 1.82) is 0 Å². The van der Waals surface area contributed by atoms with E-state index in [9.17, 15) is 9.59 Å². The Bertz CT molecular complexity index is 650. The third kappa shape index (κ3) is 4.57. The molecule has 3 amide bonds. The zero-order chi connectivity index (χ0) is 16.7. The van der Waals surface area contributed by atoms with E-state index in [1.807, 2.05) is 44.2 Å². The highest BCUT2D eigenvalue weighted by Gasteiger charge is 2.11. The van der Waals surface area contributed by atoms with Crippen LogP contribution in [0.25, 0.3) is 5.69 Å². The second kappa shape index (κ2) is 7.98. The maximum atomic E-state index is 11.8. The minimum atomic E-state index is -0.455. The smallest absolute Gasteiger partial charge is 0.320 e. The fraction of sp³-hybridized carbons (Fsp3) is 0.312. The van der Waals surface area contributed by atoms with E-state index in [2.05, 4.69) is 15.7 Å². The first-order chi connectivity index (χ1) is 11.1. The van der Waals surface area contributed by atoms with E-state index in [0.29, 0.717) is 18.9 Å². The predicted molar refractivity (Wildman–Crippen MR) is 88.5 cm³/mol. The fourth-order valence-corrected chi connectivity index (χ4v) is 2.12. The number of carbonyl (C=O) groups is 2. The van der Waals surface area contributed by atoms with Crippen LogP contribution in [0.15, 0.2) is 42.6 Å². The minimum absolute atomic E-state index is 0.0348. The number of carbonyl (C=O) groups excluding carboxylic acids is 2. The van der Waals surface area contributed by atoms with Crippen LogP contribution < -0.4 is 10.6 Å². The van der Waals surface area contributed by atoms with Gasteiger partial charge in [0.2, 0.25) is 5.91 Å². The van der Waals surface area contributed by atoms with Gasteiger partial charge < -0.3 is 10.2 Å². The van der Waals surface area contributed by atoms with Gasteiger partial charge in [0.25, 0.3) is 0 Å². The Morgan fingerprint density at radius 3 is 2.48 bits per heavy atom. The van der Waals surface area contributed by atoms with E-state index in [0.717, 1.165) is 5.69 Å². The third-order valence-electron chi connectivity index (χ3n) is 3.37. The van der Waals surface area contributed by atoms with E-state index >= 15 is 0 Å². The van der Waals surface area contributed by atoms with E-state index in [-0.39, 0.29) is 12.5 Å². The largest absolute Gasteiger partial charge is 0.342 e. The lowest BCUT2D eigenvalue weighted by molar-refractivity contribution is -0.129. The van der Waals surface area contributed by atoms with Crippen molar-refractivity contribution in [2.75, 3.05) is 25.0 Å². The molecule has 2 rings (SSSR count). The van der Waals surface area contributed by atoms with Gasteiger partial charge in [-0.1, -0.05) is 18.2 Å². The molecule has 2 aromatic rings. The van der Waals surface area contributed by atoms with Crippen LogP contribution in [0, 0.1) is 0 Å². The molecule has 7 nitrogen and oxygen atoms in total. The molecule has 0 radical (unpaired) electrons. The summed E-state index contributed by atoms with van der Waals surface area (Å²) in [6.45, 7) is 5.02. The van der Waals surface area contributed by atoms with Crippen LogP contribution in [0.4, 0.5) is 10.6 Å². The lowest BCUT2D eigenvalue weighted by atomic mass is 10.3. The summed E-state index contributed by atoms with van der Waals surface area (Å²) in [5.74, 6) is 0.307. The van der Waals surface area contributed by atoms with Crippen molar-refractivity contribution in [2.24, 2.45) is 0 Å². The van der Waals surface area contributed by atoms with Crippen LogP contribution in [0.1, 0.15) is 13.8 Å². The van der Waals surface area contributed by atoms with Crippen LogP contribution in [-0.2, 0) is 4.79 Å². The number of para-hydroxylation sites is 1. The van der Waals surface area contributed by atoms with Crippen LogP contribution in [0.2, 0.25) is 0 Å². The molecular weight excluding hydrogens is 294 g/mol. The molecule has 2 N–H and O–H groups in total. The van der Waals surface area contributed by atoms with E-state index in [1.165, 1.54) is 0 Å². The van der Waals surface area contributed by atoms with Crippen molar-refractivity contribution in [3.8, 4) is 5.69 Å². The number of aromatic nitrogens is 2. The van der Waals surface area contributed by atoms with Gasteiger partial charge in [-0.05, 0) is 26.0 Å². The summed E-state index contributed by atoms with van der Waals surface area (Å²) in [6.07, 6.45) is 1.76. The number of likely N-dealkylation sites (N-methyl/N-ethyl adjacent to an activating group) is 1. The van der Waals surface area contributed by atoms with Gasteiger partial charge in [0, 0.05) is 25.4 Å². The Morgan fingerprint density at radius 2 is 1.83 bits per heavy atom. The number of nitrogens with one attached hydrogen (secondary N) is 2. The first-order valence-corrected chi connectivity index (χ1v) is 7.57. The molecule has 1 aromatic carbocycles. The van der Waals surface area contributed by atoms with Crippen molar-refractivity contribution >= 4 is 17.8 Å². The summed E-state index contributed by atoms with van der Waals surface area (Å²) in [7, 11) is 0. The molecule has 1 heterocycles. The van der Waals surface area contributed by atoms with Gasteiger partial charge in [-0.3, -0.25) is 10.1 Å². The molecule has 0 bridgehead atoms. The maximum Gasteiger partial charge on any atom is 0.320 e. The fourth-order valence-electron chi connectivity index (χ4n) is 2.12. The topological polar surface area (TPSA) is 79.3 Å². The molecule has 0 saturated heterocycles. The van der Waals surface area contributed by atoms with Gasteiger partial charge in [0.1, 0.15) is 0 Å². The summed E-state index contributed by atoms with van der Waals surface area (Å²) in [4.78, 5) is 25.3. The number of hydrogen-bond donors (Lipinski definition) is 2. The van der Waals surface area contributed by atoms with Crippen LogP contribution in [0.3, 0.4) is 0 Å². The third-order valence-corrected chi connectivity index (χ3v) is 3.37. The number of hydrogen-bond acceptors (Lipinski definition) is 3. The molecular formula is C16H21N5O2. The Morgan fingerprint density at radius 1 is 1.13 bits per heavy atom. The molecule has 0 spiro atoms. The zero-order valence-electron chi connectivity index (χ0n) is 13.3. The van der Waals surface area contributed by atoms with Crippen molar-refractivity contribution in [1.82, 2.24) is 20.0 Å². The SMILES string of the molecule is CCN(CC)C(=O)CNC(=O)Nc1ccn(-c2ccccc2)n1. The molecule has 0 saturated carbocycles. The highest BCUT2D eigenvalue weighted by atomic mass is 16.2. The van der Waals surface area contributed by atoms with Crippen LogP contribution >= 0.6 is 0 Å². The Hall–Kier alpha value is -2.83. The Labute approximate surface area is 135 Å². The van der Waals surface area contributed by atoms with E-state index in [1.54, 1.807) is 21.8 Å². The Kier molecular flexibility index (Phi) is 5.74. The summed E-state index contributed by atoms with van der Waals surface area (Å²) in [5.41, 5.74) is 0.901. The quantitative estimate of drug-likeness (QED) is 0.854. The molecule has 0 unspecified atom stereocenters. The molecule has 0 aliphatic heterocycles. The second-order valence-electron chi connectivity index (χ2n) is 4.85. The molecule has 0 aliphatic rings. The molecule has 122 valence electrons. The highest BCUT2D eigenvalue weighted by Crippen LogP contribution is 2.09. The second-order valence-corrected chi connectivity index (χ2v) is 4.85. The number of anilines is 1. The summed E-state index contributed by atoms with van der Waals surface area (Å²) in [5, 5.41) is 9.41. The van der Waals surface area contributed by atoms with Gasteiger partial charge >= 0.3 is 6.03 Å². The average Bonchev–Trinajstić information content (AvgIpc) is 3.03. The minimum Gasteiger partial charge on any atom is -0.342 e. The number of benzene rings is 1. The van der Waals surface area contributed by atoms with Gasteiger partial charge in [0.15, 0.2) is 5.82 Å². The average molecular weight is 315 g/mol. The van der Waals surface area contributed by atoms with E-state index in [4.69, 9.17) is 0 Å². The zero-order valence-corrected chi connectivity index (χ0v) is 13.3. The highest BCUT2D eigenvalue weighted by molar-refractivity contribution is 5.91. The normalized spacial score (nSPS) is 10.2. The first kappa shape index (κ1) is 16.5. The first-order valence-electron chi connectivity index (χ1n) is 7.57. The maximum absolute atomic E-state index is 11.8. The van der Waals surface area contributed by atoms with Gasteiger partial charge in [0.05, 0.1) is 12.2 Å². The summed E-state index contributed by atoms with van der Waals surface area (Å²) in [6, 6.07) is 10.8. The van der Waals surface area contributed by atoms with Crippen LogP contribution in [-0.4, -0.2) is 46.3 Å². The summed E-state index contributed by atoms with van der Waals surface area (Å²) >= 11 is 0. The standard InChI is InChI=1S/C16H21N5O2/c1-3-20(4-2)15(22)12-17-16(23)18-14-10-11-21(19-14)13-8-6-5-7-9-13/h5-11H,3-4,12H2,1-2H3,(H2,17,18,19,23). The molecule has 23 heavy (non-hydrogen) atoms. The number of urea groups is 1. The lowest BCUT2D eigenvalue weighted by Gasteiger charge is -2.18. The molecule has 0 aliphatic carbocycles. The summed E-state index contributed by atoms with van der Waals surface area (Å²) < 4.78 is 1.66. The van der Waals surface area contributed by atoms with Crippen molar-refractivity contribution in [3.05, 3.63) is 42.6 Å². The predicted octanol–water partition coefficient (Wildman–Crippen LogP) is 1.86. The van der Waals surface area contributed by atoms with Crippen LogP contribution in [0.5, 0.6) is 0 Å². The van der Waals surface area contributed by atoms with E-state index < -0.39 is 6.03 Å². The number of amides is 3. The molecule has 0 atom stereocenters.